The molecular formula is C28H25N3O. The molecule has 3 aromatic carbocycles. The third kappa shape index (κ3) is 4.76. The first kappa shape index (κ1) is 20.2. The number of nitrogens with one attached hydrogen (secondary N) is 2. The van der Waals surface area contributed by atoms with Crippen molar-refractivity contribution in [2.45, 2.75) is 24.9 Å². The van der Waals surface area contributed by atoms with Crippen LogP contribution in [0, 0.1) is 0 Å². The fraction of sp³-hybridized carbons (Fsp3) is 0.143. The molecule has 0 radical (unpaired) electrons. The molecule has 32 heavy (non-hydrogen) atoms. The van der Waals surface area contributed by atoms with Crippen LogP contribution in [0.5, 0.6) is 0 Å². The number of aromatic nitrogens is 1. The molecule has 2 atom stereocenters. The third-order valence-electron chi connectivity index (χ3n) is 5.96. The summed E-state index contributed by atoms with van der Waals surface area (Å²) in [5.74, 6) is 0.438. The minimum absolute atomic E-state index is 0.0966. The fourth-order valence-electron chi connectivity index (χ4n) is 4.00. The second-order valence-corrected chi connectivity index (χ2v) is 8.20. The topological polar surface area (TPSA) is 54.0 Å². The summed E-state index contributed by atoms with van der Waals surface area (Å²) < 4.78 is 0. The van der Waals surface area contributed by atoms with Gasteiger partial charge in [0.2, 0.25) is 0 Å². The van der Waals surface area contributed by atoms with Crippen molar-refractivity contribution in [2.75, 3.05) is 5.32 Å². The Balaban J connectivity index is 1.15. The molecule has 2 unspecified atom stereocenters. The number of anilines is 1. The number of pyridine rings is 1. The minimum atomic E-state index is -0.0966. The van der Waals surface area contributed by atoms with Crippen LogP contribution in [0.15, 0.2) is 103 Å². The number of amides is 1. The monoisotopic (exact) mass is 419 g/mol. The van der Waals surface area contributed by atoms with Crippen LogP contribution in [-0.2, 0) is 6.54 Å². The average Bonchev–Trinajstić information content (AvgIpc) is 3.64. The highest BCUT2D eigenvalue weighted by atomic mass is 16.1. The van der Waals surface area contributed by atoms with E-state index >= 15 is 0 Å². The second-order valence-electron chi connectivity index (χ2n) is 8.20. The molecule has 5 rings (SSSR count). The largest absolute Gasteiger partial charge is 0.322 e. The Morgan fingerprint density at radius 2 is 1.50 bits per heavy atom. The Bertz CT molecular complexity index is 1170. The standard InChI is InChI=1S/C28H25N3O/c32-28(24-8-6-22(7-9-24)21-4-2-1-3-5-21)31-25-12-10-23(11-13-25)26-18-27(26)30-19-20-14-16-29-17-15-20/h1-17,26-27,30H,18-19H2,(H,31,32). The van der Waals surface area contributed by atoms with Crippen LogP contribution in [0.2, 0.25) is 0 Å². The van der Waals surface area contributed by atoms with Gasteiger partial charge >= 0.3 is 0 Å². The van der Waals surface area contributed by atoms with E-state index in [1.54, 1.807) is 0 Å². The van der Waals surface area contributed by atoms with E-state index in [2.05, 4.69) is 39.9 Å². The van der Waals surface area contributed by atoms with Crippen LogP contribution >= 0.6 is 0 Å². The van der Waals surface area contributed by atoms with Gasteiger partial charge in [-0.3, -0.25) is 9.78 Å². The minimum Gasteiger partial charge on any atom is -0.322 e. The first-order valence-corrected chi connectivity index (χ1v) is 11.0. The zero-order chi connectivity index (χ0) is 21.8. The fourth-order valence-corrected chi connectivity index (χ4v) is 4.00. The lowest BCUT2D eigenvalue weighted by Crippen LogP contribution is -2.17. The molecule has 0 spiro atoms. The van der Waals surface area contributed by atoms with Crippen molar-refractivity contribution in [1.29, 1.82) is 0 Å². The molecular weight excluding hydrogens is 394 g/mol. The highest BCUT2D eigenvalue weighted by Gasteiger charge is 2.37. The lowest BCUT2D eigenvalue weighted by Gasteiger charge is -2.08. The SMILES string of the molecule is O=C(Nc1ccc(C2CC2NCc2ccncc2)cc1)c1ccc(-c2ccccc2)cc1. The highest BCUT2D eigenvalue weighted by Crippen LogP contribution is 2.41. The lowest BCUT2D eigenvalue weighted by atomic mass is 10.0. The number of benzene rings is 3. The molecule has 2 N–H and O–H groups in total. The van der Waals surface area contributed by atoms with Crippen LogP contribution in [0.3, 0.4) is 0 Å². The number of carbonyl (C=O) groups excluding carboxylic acids is 1. The summed E-state index contributed by atoms with van der Waals surface area (Å²) >= 11 is 0. The number of nitrogens with zero attached hydrogens (tertiary/aromatic N) is 1. The van der Waals surface area contributed by atoms with E-state index in [1.807, 2.05) is 79.1 Å². The average molecular weight is 420 g/mol. The maximum absolute atomic E-state index is 12.6. The van der Waals surface area contributed by atoms with E-state index in [-0.39, 0.29) is 5.91 Å². The van der Waals surface area contributed by atoms with Crippen molar-refractivity contribution in [3.8, 4) is 11.1 Å². The van der Waals surface area contributed by atoms with Crippen LogP contribution in [0.25, 0.3) is 11.1 Å². The summed E-state index contributed by atoms with van der Waals surface area (Å²) in [6, 6.07) is 30.7. The van der Waals surface area contributed by atoms with Gasteiger partial charge in [0.25, 0.3) is 5.91 Å². The Morgan fingerprint density at radius 3 is 2.22 bits per heavy atom. The van der Waals surface area contributed by atoms with E-state index in [4.69, 9.17) is 0 Å². The summed E-state index contributed by atoms with van der Waals surface area (Å²) in [6.07, 6.45) is 4.79. The third-order valence-corrected chi connectivity index (χ3v) is 5.96. The Kier molecular flexibility index (Phi) is 5.77. The summed E-state index contributed by atoms with van der Waals surface area (Å²) in [5.41, 5.74) is 6.26. The number of hydrogen-bond acceptors (Lipinski definition) is 3. The molecule has 0 bridgehead atoms. The molecule has 0 aliphatic heterocycles. The first-order chi connectivity index (χ1) is 15.8. The van der Waals surface area contributed by atoms with Crippen LogP contribution in [0.1, 0.15) is 33.8 Å². The van der Waals surface area contributed by atoms with Gasteiger partial charge in [-0.1, -0.05) is 54.6 Å². The van der Waals surface area contributed by atoms with Gasteiger partial charge in [-0.15, -0.1) is 0 Å². The number of rotatable bonds is 7. The van der Waals surface area contributed by atoms with Crippen LogP contribution in [-0.4, -0.2) is 16.9 Å². The maximum atomic E-state index is 12.6. The molecule has 4 heteroatoms. The van der Waals surface area contributed by atoms with E-state index < -0.39 is 0 Å². The van der Waals surface area contributed by atoms with Crippen molar-refractivity contribution in [3.05, 3.63) is 120 Å². The number of hydrogen-bond donors (Lipinski definition) is 2. The van der Waals surface area contributed by atoms with Gasteiger partial charge in [0, 0.05) is 42.1 Å². The molecule has 0 saturated heterocycles. The first-order valence-electron chi connectivity index (χ1n) is 11.0. The predicted molar refractivity (Wildman–Crippen MR) is 128 cm³/mol. The number of carbonyl (C=O) groups is 1. The zero-order valence-electron chi connectivity index (χ0n) is 17.7. The van der Waals surface area contributed by atoms with Crippen LogP contribution in [0.4, 0.5) is 5.69 Å². The molecule has 4 aromatic rings. The van der Waals surface area contributed by atoms with Crippen LogP contribution < -0.4 is 10.6 Å². The normalized spacial score (nSPS) is 17.0. The summed E-state index contributed by atoms with van der Waals surface area (Å²) in [6.45, 7) is 0.862. The summed E-state index contributed by atoms with van der Waals surface area (Å²) in [4.78, 5) is 16.7. The van der Waals surface area contributed by atoms with E-state index in [9.17, 15) is 4.79 Å². The molecule has 158 valence electrons. The van der Waals surface area contributed by atoms with Gasteiger partial charge in [0.15, 0.2) is 0 Å². The summed E-state index contributed by atoms with van der Waals surface area (Å²) in [5, 5.41) is 6.61. The van der Waals surface area contributed by atoms with E-state index in [0.29, 0.717) is 17.5 Å². The van der Waals surface area contributed by atoms with Gasteiger partial charge in [0.1, 0.15) is 0 Å². The molecule has 1 amide bonds. The molecule has 4 nitrogen and oxygen atoms in total. The lowest BCUT2D eigenvalue weighted by molar-refractivity contribution is 0.102. The smallest absolute Gasteiger partial charge is 0.255 e. The van der Waals surface area contributed by atoms with Crippen molar-refractivity contribution < 1.29 is 4.79 Å². The van der Waals surface area contributed by atoms with E-state index in [1.165, 1.54) is 11.1 Å². The summed E-state index contributed by atoms with van der Waals surface area (Å²) in [7, 11) is 0. The highest BCUT2D eigenvalue weighted by molar-refractivity contribution is 6.04. The van der Waals surface area contributed by atoms with E-state index in [0.717, 1.165) is 29.8 Å². The molecule has 1 saturated carbocycles. The van der Waals surface area contributed by atoms with Gasteiger partial charge in [-0.05, 0) is 65.1 Å². The molecule has 1 heterocycles. The molecule has 1 aromatic heterocycles. The molecule has 1 aliphatic rings. The van der Waals surface area contributed by atoms with Gasteiger partial charge in [0.05, 0.1) is 0 Å². The van der Waals surface area contributed by atoms with Gasteiger partial charge in [-0.2, -0.15) is 0 Å². The van der Waals surface area contributed by atoms with Crippen molar-refractivity contribution >= 4 is 11.6 Å². The van der Waals surface area contributed by atoms with Crippen molar-refractivity contribution in [2.24, 2.45) is 0 Å². The van der Waals surface area contributed by atoms with Crippen molar-refractivity contribution in [3.63, 3.8) is 0 Å². The quantitative estimate of drug-likeness (QED) is 0.407. The Hall–Kier alpha value is -3.76. The van der Waals surface area contributed by atoms with Crippen molar-refractivity contribution in [1.82, 2.24) is 10.3 Å². The second kappa shape index (κ2) is 9.16. The maximum Gasteiger partial charge on any atom is 0.255 e. The zero-order valence-corrected chi connectivity index (χ0v) is 17.7. The Labute approximate surface area is 188 Å². The molecule has 1 aliphatic carbocycles. The van der Waals surface area contributed by atoms with Gasteiger partial charge < -0.3 is 10.6 Å². The Morgan fingerprint density at radius 1 is 0.812 bits per heavy atom. The molecule has 1 fully saturated rings. The van der Waals surface area contributed by atoms with Gasteiger partial charge in [-0.25, -0.2) is 0 Å². The predicted octanol–water partition coefficient (Wildman–Crippen LogP) is 5.65.